The van der Waals surface area contributed by atoms with Crippen LogP contribution in [-0.4, -0.2) is 19.5 Å². The van der Waals surface area contributed by atoms with Crippen LogP contribution in [0.5, 0.6) is 0 Å². The minimum Gasteiger partial charge on any atom is -0.278 e. The third kappa shape index (κ3) is 3.85. The average molecular weight is 599 g/mol. The number of hydrogen-bond acceptors (Lipinski definition) is 3. The number of rotatable bonds is 4. The van der Waals surface area contributed by atoms with E-state index >= 15 is 0 Å². The summed E-state index contributed by atoms with van der Waals surface area (Å²) < 4.78 is 2.24. The third-order valence-electron chi connectivity index (χ3n) is 9.39. The molecule has 4 heteroatoms. The molecule has 0 saturated carbocycles. The van der Waals surface area contributed by atoms with Gasteiger partial charge in [0, 0.05) is 27.5 Å². The summed E-state index contributed by atoms with van der Waals surface area (Å²) >= 11 is 0. The van der Waals surface area contributed by atoms with Crippen LogP contribution in [0.25, 0.3) is 94.7 Å². The van der Waals surface area contributed by atoms with Gasteiger partial charge in [0.05, 0.1) is 11.0 Å². The van der Waals surface area contributed by atoms with Crippen molar-refractivity contribution < 1.29 is 0 Å². The number of aromatic nitrogens is 4. The standard InChI is InChI=1S/C43H26N4/c1-4-13-27(14-5-1)31-25-26-36-40-38(31)34-23-11-20-28-19-10-21-32(37(28)34)33-22-12-24-35(39(33)40)47(36)43-45-41(29-15-6-2-7-16-29)44-42(46-43)30-17-8-3-9-18-30/h1-26H. The van der Waals surface area contributed by atoms with Gasteiger partial charge in [-0.25, -0.2) is 4.98 Å². The van der Waals surface area contributed by atoms with Crippen molar-refractivity contribution in [2.24, 2.45) is 0 Å². The van der Waals surface area contributed by atoms with Crippen LogP contribution in [0.1, 0.15) is 0 Å². The Bertz CT molecular complexity index is 2600. The predicted octanol–water partition coefficient (Wildman–Crippen LogP) is 10.8. The average Bonchev–Trinajstić information content (AvgIpc) is 3.43. The molecule has 0 unspecified atom stereocenters. The molecule has 1 aliphatic rings. The zero-order chi connectivity index (χ0) is 30.9. The van der Waals surface area contributed by atoms with Crippen molar-refractivity contribution in [1.82, 2.24) is 19.5 Å². The molecule has 0 atom stereocenters. The van der Waals surface area contributed by atoms with Gasteiger partial charge in [-0.2, -0.15) is 9.97 Å². The smallest absolute Gasteiger partial charge is 0.238 e. The van der Waals surface area contributed by atoms with Crippen molar-refractivity contribution in [1.29, 1.82) is 0 Å². The van der Waals surface area contributed by atoms with Crippen LogP contribution in [0.3, 0.4) is 0 Å². The summed E-state index contributed by atoms with van der Waals surface area (Å²) in [5.41, 5.74) is 11.4. The van der Waals surface area contributed by atoms with Crippen LogP contribution in [0.4, 0.5) is 0 Å². The predicted molar refractivity (Wildman–Crippen MR) is 192 cm³/mol. The van der Waals surface area contributed by atoms with E-state index in [0.717, 1.165) is 22.2 Å². The van der Waals surface area contributed by atoms with E-state index in [1.54, 1.807) is 0 Å². The monoisotopic (exact) mass is 598 g/mol. The highest BCUT2D eigenvalue weighted by molar-refractivity contribution is 6.28. The zero-order valence-corrected chi connectivity index (χ0v) is 25.3. The Morgan fingerprint density at radius 3 is 1.51 bits per heavy atom. The van der Waals surface area contributed by atoms with Gasteiger partial charge in [-0.15, -0.1) is 0 Å². The van der Waals surface area contributed by atoms with Crippen LogP contribution in [0.2, 0.25) is 0 Å². The fourth-order valence-electron chi connectivity index (χ4n) is 7.40. The van der Waals surface area contributed by atoms with E-state index in [1.807, 2.05) is 36.4 Å². The van der Waals surface area contributed by atoms with E-state index in [1.165, 1.54) is 54.9 Å². The molecule has 4 nitrogen and oxygen atoms in total. The highest BCUT2D eigenvalue weighted by Gasteiger charge is 2.28. The van der Waals surface area contributed by atoms with Crippen molar-refractivity contribution in [3.8, 4) is 62.1 Å². The van der Waals surface area contributed by atoms with Crippen LogP contribution >= 0.6 is 0 Å². The lowest BCUT2D eigenvalue weighted by Crippen LogP contribution is -2.06. The van der Waals surface area contributed by atoms with Gasteiger partial charge in [0.1, 0.15) is 0 Å². The molecule has 2 heterocycles. The SMILES string of the molecule is c1ccc(-c2nc(-c3ccccc3)nc(-n3c4cccc5c4c4c(c(-c6ccccc6)ccc43)-c3cccc4cccc-5c34)n2)cc1. The summed E-state index contributed by atoms with van der Waals surface area (Å²) in [4.78, 5) is 15.3. The van der Waals surface area contributed by atoms with Crippen molar-refractivity contribution in [2.45, 2.75) is 0 Å². The van der Waals surface area contributed by atoms with E-state index in [2.05, 4.69) is 126 Å². The lowest BCUT2D eigenvalue weighted by atomic mass is 9.89. The molecule has 0 aliphatic heterocycles. The zero-order valence-electron chi connectivity index (χ0n) is 25.3. The van der Waals surface area contributed by atoms with Gasteiger partial charge in [0.15, 0.2) is 11.6 Å². The van der Waals surface area contributed by atoms with E-state index in [9.17, 15) is 0 Å². The molecule has 2 aromatic heterocycles. The molecule has 0 amide bonds. The van der Waals surface area contributed by atoms with Crippen LogP contribution < -0.4 is 0 Å². The molecule has 0 bridgehead atoms. The Morgan fingerprint density at radius 1 is 0.340 bits per heavy atom. The summed E-state index contributed by atoms with van der Waals surface area (Å²) in [5, 5.41) is 4.95. The van der Waals surface area contributed by atoms with Crippen molar-refractivity contribution in [3.63, 3.8) is 0 Å². The second kappa shape index (κ2) is 10.1. The minimum atomic E-state index is 0.598. The van der Waals surface area contributed by atoms with Crippen molar-refractivity contribution in [2.75, 3.05) is 0 Å². The fourth-order valence-corrected chi connectivity index (χ4v) is 7.40. The lowest BCUT2D eigenvalue weighted by Gasteiger charge is -2.16. The van der Waals surface area contributed by atoms with E-state index in [4.69, 9.17) is 15.0 Å². The maximum absolute atomic E-state index is 5.18. The Hall–Kier alpha value is -6.39. The summed E-state index contributed by atoms with van der Waals surface area (Å²) in [6.07, 6.45) is 0. The molecule has 9 aromatic rings. The molecule has 0 spiro atoms. The van der Waals surface area contributed by atoms with Crippen molar-refractivity contribution in [3.05, 3.63) is 158 Å². The fraction of sp³-hybridized carbons (Fsp3) is 0. The maximum Gasteiger partial charge on any atom is 0.238 e. The summed E-state index contributed by atoms with van der Waals surface area (Å²) in [6.45, 7) is 0. The summed E-state index contributed by atoms with van der Waals surface area (Å²) in [6, 6.07) is 55.6. The molecule has 0 radical (unpaired) electrons. The van der Waals surface area contributed by atoms with Gasteiger partial charge in [0.25, 0.3) is 0 Å². The second-order valence-corrected chi connectivity index (χ2v) is 12.0. The third-order valence-corrected chi connectivity index (χ3v) is 9.39. The molecule has 218 valence electrons. The van der Waals surface area contributed by atoms with Gasteiger partial charge in [-0.05, 0) is 50.7 Å². The first-order valence-corrected chi connectivity index (χ1v) is 15.9. The quantitative estimate of drug-likeness (QED) is 0.202. The number of hydrogen-bond donors (Lipinski definition) is 0. The topological polar surface area (TPSA) is 43.6 Å². The number of fused-ring (bicyclic) bond motifs is 2. The van der Waals surface area contributed by atoms with E-state index in [-0.39, 0.29) is 0 Å². The minimum absolute atomic E-state index is 0.598. The van der Waals surface area contributed by atoms with E-state index < -0.39 is 0 Å². The largest absolute Gasteiger partial charge is 0.278 e. The van der Waals surface area contributed by atoms with Gasteiger partial charge >= 0.3 is 0 Å². The van der Waals surface area contributed by atoms with Gasteiger partial charge < -0.3 is 0 Å². The maximum atomic E-state index is 5.18. The van der Waals surface area contributed by atoms with Gasteiger partial charge in [0.2, 0.25) is 5.95 Å². The van der Waals surface area contributed by atoms with Crippen LogP contribution in [0, 0.1) is 0 Å². The molecule has 7 aromatic carbocycles. The summed E-state index contributed by atoms with van der Waals surface area (Å²) in [5.74, 6) is 1.88. The second-order valence-electron chi connectivity index (χ2n) is 12.0. The number of nitrogens with zero attached hydrogens (tertiary/aromatic N) is 4. The van der Waals surface area contributed by atoms with E-state index in [0.29, 0.717) is 17.6 Å². The molecule has 0 saturated heterocycles. The first-order valence-electron chi connectivity index (χ1n) is 15.9. The normalized spacial score (nSPS) is 11.8. The first kappa shape index (κ1) is 25.9. The molecular formula is C43H26N4. The molecule has 0 fully saturated rings. The Morgan fingerprint density at radius 2 is 0.872 bits per heavy atom. The molecule has 0 N–H and O–H groups in total. The van der Waals surface area contributed by atoms with Crippen LogP contribution in [0.15, 0.2) is 158 Å². The molecular weight excluding hydrogens is 573 g/mol. The van der Waals surface area contributed by atoms with Gasteiger partial charge in [-0.1, -0.05) is 146 Å². The molecule has 10 rings (SSSR count). The first-order chi connectivity index (χ1) is 23.3. The molecule has 47 heavy (non-hydrogen) atoms. The van der Waals surface area contributed by atoms with Crippen LogP contribution in [-0.2, 0) is 0 Å². The Balaban J connectivity index is 1.38. The van der Waals surface area contributed by atoms with Crippen molar-refractivity contribution >= 4 is 32.6 Å². The molecule has 1 aliphatic carbocycles. The Labute approximate surface area is 271 Å². The van der Waals surface area contributed by atoms with Gasteiger partial charge in [-0.3, -0.25) is 4.57 Å². The lowest BCUT2D eigenvalue weighted by molar-refractivity contribution is 0.953. The highest BCUT2D eigenvalue weighted by Crippen LogP contribution is 2.52. The highest BCUT2D eigenvalue weighted by atomic mass is 15.2. The number of benzene rings is 7. The summed E-state index contributed by atoms with van der Waals surface area (Å²) in [7, 11) is 0. The Kier molecular flexibility index (Phi) is 5.54.